The summed E-state index contributed by atoms with van der Waals surface area (Å²) in [6.45, 7) is 1.60. The van der Waals surface area contributed by atoms with Gasteiger partial charge in [0.05, 0.1) is 30.4 Å². The molecule has 5 rings (SSSR count). The summed E-state index contributed by atoms with van der Waals surface area (Å²) < 4.78 is 38.3. The highest BCUT2D eigenvalue weighted by Crippen LogP contribution is 2.46. The Morgan fingerprint density at radius 1 is 1.26 bits per heavy atom. The second kappa shape index (κ2) is 10.3. The van der Waals surface area contributed by atoms with Crippen LogP contribution in [0.3, 0.4) is 0 Å². The zero-order chi connectivity index (χ0) is 26.9. The van der Waals surface area contributed by atoms with Crippen LogP contribution in [-0.2, 0) is 26.1 Å². The molecule has 2 aliphatic heterocycles. The van der Waals surface area contributed by atoms with E-state index < -0.39 is 26.9 Å². The molecule has 200 valence electrons. The van der Waals surface area contributed by atoms with Gasteiger partial charge in [-0.2, -0.15) is 9.57 Å². The lowest BCUT2D eigenvalue weighted by atomic mass is 10.0. The molecule has 1 aromatic carbocycles. The first-order valence-electron chi connectivity index (χ1n) is 12.3. The molecule has 3 aliphatic rings. The highest BCUT2D eigenvalue weighted by atomic mass is 32.2. The van der Waals surface area contributed by atoms with Gasteiger partial charge in [-0.3, -0.25) is 4.79 Å². The molecule has 38 heavy (non-hydrogen) atoms. The second-order valence-corrected chi connectivity index (χ2v) is 12.0. The average Bonchev–Trinajstić information content (AvgIpc) is 3.75. The van der Waals surface area contributed by atoms with Gasteiger partial charge < -0.3 is 24.8 Å². The van der Waals surface area contributed by atoms with E-state index in [9.17, 15) is 18.3 Å². The maximum absolute atomic E-state index is 13.3. The van der Waals surface area contributed by atoms with E-state index in [0.29, 0.717) is 56.0 Å². The Morgan fingerprint density at radius 3 is 2.63 bits per heavy atom. The number of likely N-dealkylation sites (N-methyl/N-ethyl adjacent to an activating group) is 1. The lowest BCUT2D eigenvalue weighted by molar-refractivity contribution is -0.118. The number of hydrogen-bond acceptors (Lipinski definition) is 9. The zero-order valence-electron chi connectivity index (χ0n) is 21.0. The first kappa shape index (κ1) is 26.1. The Balaban J connectivity index is 1.31. The number of aliphatic hydroxyl groups is 1. The van der Waals surface area contributed by atoms with Crippen LogP contribution < -0.4 is 15.0 Å². The number of nitrogens with one attached hydrogen (secondary N) is 1. The maximum atomic E-state index is 13.3. The Hall–Kier alpha value is -3.50. The van der Waals surface area contributed by atoms with Crippen LogP contribution in [0.15, 0.2) is 42.1 Å². The lowest BCUT2D eigenvalue weighted by Crippen LogP contribution is -2.48. The normalized spacial score (nSPS) is 20.6. The number of benzene rings is 1. The molecule has 0 bridgehead atoms. The number of ether oxygens (including phenoxy) is 2. The number of carbonyl (C=O) groups is 1. The largest absolute Gasteiger partial charge is 0.474 e. The van der Waals surface area contributed by atoms with Crippen LogP contribution >= 0.6 is 0 Å². The van der Waals surface area contributed by atoms with E-state index in [0.717, 1.165) is 5.56 Å². The topological polar surface area (TPSA) is 145 Å². The molecule has 1 aliphatic carbocycles. The van der Waals surface area contributed by atoms with E-state index in [1.54, 1.807) is 43.5 Å². The molecule has 2 aromatic rings. The van der Waals surface area contributed by atoms with Crippen molar-refractivity contribution < 1.29 is 27.8 Å². The monoisotopic (exact) mass is 539 g/mol. The zero-order valence-corrected chi connectivity index (χ0v) is 21.8. The molecule has 3 heterocycles. The molecule has 0 radical (unpaired) electrons. The summed E-state index contributed by atoms with van der Waals surface area (Å²) in [5.74, 6) is -0.243. The van der Waals surface area contributed by atoms with E-state index in [4.69, 9.17) is 14.7 Å². The number of pyridine rings is 1. The van der Waals surface area contributed by atoms with Crippen molar-refractivity contribution in [3.63, 3.8) is 0 Å². The molecule has 1 atom stereocenters. The number of aliphatic hydroxyl groups excluding tert-OH is 1. The number of amides is 1. The van der Waals surface area contributed by atoms with Crippen molar-refractivity contribution in [2.45, 2.75) is 30.4 Å². The van der Waals surface area contributed by atoms with Crippen molar-refractivity contribution in [1.82, 2.24) is 14.6 Å². The number of fused-ring (bicyclic) bond motifs is 1. The number of nitriles is 1. The third-order valence-electron chi connectivity index (χ3n) is 7.17. The van der Waals surface area contributed by atoms with Gasteiger partial charge in [-0.1, -0.05) is 12.1 Å². The van der Waals surface area contributed by atoms with E-state index in [2.05, 4.69) is 16.4 Å². The first-order valence-corrected chi connectivity index (χ1v) is 13.8. The van der Waals surface area contributed by atoms with Crippen molar-refractivity contribution >= 4 is 27.7 Å². The minimum absolute atomic E-state index is 0.0538. The van der Waals surface area contributed by atoms with Crippen LogP contribution in [0, 0.1) is 11.3 Å². The van der Waals surface area contributed by atoms with E-state index in [1.165, 1.54) is 15.4 Å². The second-order valence-electron chi connectivity index (χ2n) is 9.62. The van der Waals surface area contributed by atoms with Gasteiger partial charge in [0.15, 0.2) is 6.23 Å². The average molecular weight is 540 g/mol. The number of aromatic nitrogens is 1. The van der Waals surface area contributed by atoms with Crippen LogP contribution in [0.25, 0.3) is 6.08 Å². The van der Waals surface area contributed by atoms with Crippen LogP contribution in [0.2, 0.25) is 0 Å². The van der Waals surface area contributed by atoms with Crippen LogP contribution in [0.5, 0.6) is 5.88 Å². The fraction of sp³-hybridized carbons (Fsp3) is 0.423. The Kier molecular flexibility index (Phi) is 7.11. The van der Waals surface area contributed by atoms with Crippen LogP contribution in [0.1, 0.15) is 29.5 Å². The highest BCUT2D eigenvalue weighted by Gasteiger charge is 2.58. The van der Waals surface area contributed by atoms with Gasteiger partial charge >= 0.3 is 0 Å². The van der Waals surface area contributed by atoms with Crippen molar-refractivity contribution in [1.29, 1.82) is 5.26 Å². The predicted molar refractivity (Wildman–Crippen MR) is 138 cm³/mol. The van der Waals surface area contributed by atoms with E-state index in [1.807, 2.05) is 0 Å². The maximum Gasteiger partial charge on any atom is 0.252 e. The smallest absolute Gasteiger partial charge is 0.252 e. The standard InChI is InChI=1S/C26H29N5O6S/c1-30-22-20(14-21(25(30)33)23(32)29-16-19-4-2-18(15-27)3-5-19)6-9-28-24(22)37-17-26(7-8-26)38(34,35)31-10-12-36-13-11-31/h2-6,9,14,25,33H,7-8,10-13,16-17H2,1H3,(H,29,32). The molecule has 1 unspecified atom stereocenters. The number of nitrogens with zero attached hydrogens (tertiary/aromatic N) is 4. The van der Waals surface area contributed by atoms with Crippen molar-refractivity contribution in [3.05, 3.63) is 58.8 Å². The van der Waals surface area contributed by atoms with Gasteiger partial charge in [0.1, 0.15) is 17.0 Å². The minimum atomic E-state index is -3.56. The van der Waals surface area contributed by atoms with E-state index in [-0.39, 0.29) is 24.6 Å². The SMILES string of the molecule is CN1c2c(ccnc2OCC2(S(=O)(=O)N3CCOCC3)CC2)C=C(C(=O)NCc2ccc(C#N)cc2)C1O. The third kappa shape index (κ3) is 4.86. The van der Waals surface area contributed by atoms with Gasteiger partial charge in [0.25, 0.3) is 5.91 Å². The van der Waals surface area contributed by atoms with Crippen molar-refractivity contribution in [3.8, 4) is 11.9 Å². The minimum Gasteiger partial charge on any atom is -0.474 e. The molecule has 2 N–H and O–H groups in total. The number of morpholine rings is 1. The van der Waals surface area contributed by atoms with Gasteiger partial charge in [0, 0.05) is 38.4 Å². The third-order valence-corrected chi connectivity index (χ3v) is 9.83. The molecule has 1 aromatic heterocycles. The lowest BCUT2D eigenvalue weighted by Gasteiger charge is -2.34. The predicted octanol–water partition coefficient (Wildman–Crippen LogP) is 0.995. The fourth-order valence-corrected chi connectivity index (χ4v) is 6.64. The van der Waals surface area contributed by atoms with Crippen molar-refractivity contribution in [2.75, 3.05) is 44.9 Å². The van der Waals surface area contributed by atoms with E-state index >= 15 is 0 Å². The van der Waals surface area contributed by atoms with Gasteiger partial charge in [-0.15, -0.1) is 0 Å². The molecular formula is C26H29N5O6S. The summed E-state index contributed by atoms with van der Waals surface area (Å²) in [4.78, 5) is 18.7. The Morgan fingerprint density at radius 2 is 1.97 bits per heavy atom. The summed E-state index contributed by atoms with van der Waals surface area (Å²) in [5.41, 5.74) is 2.59. The highest BCUT2D eigenvalue weighted by molar-refractivity contribution is 7.90. The molecule has 2 fully saturated rings. The molecule has 11 nitrogen and oxygen atoms in total. The van der Waals surface area contributed by atoms with Gasteiger partial charge in [-0.05, 0) is 42.7 Å². The summed E-state index contributed by atoms with van der Waals surface area (Å²) in [6.07, 6.45) is 2.85. The van der Waals surface area contributed by atoms with Gasteiger partial charge in [-0.25, -0.2) is 13.4 Å². The molecule has 1 saturated carbocycles. The molecule has 0 spiro atoms. The number of sulfonamides is 1. The van der Waals surface area contributed by atoms with Crippen molar-refractivity contribution in [2.24, 2.45) is 0 Å². The Labute approximate surface area is 221 Å². The van der Waals surface area contributed by atoms with Gasteiger partial charge in [0.2, 0.25) is 15.9 Å². The summed E-state index contributed by atoms with van der Waals surface area (Å²) in [5, 5.41) is 22.7. The van der Waals surface area contributed by atoms with Crippen LogP contribution in [-0.4, -0.2) is 79.7 Å². The number of anilines is 1. The number of hydrogen-bond donors (Lipinski definition) is 2. The quantitative estimate of drug-likeness (QED) is 0.502. The first-order chi connectivity index (χ1) is 18.3. The van der Waals surface area contributed by atoms with Crippen LogP contribution in [0.4, 0.5) is 5.69 Å². The summed E-state index contributed by atoms with van der Waals surface area (Å²) in [7, 11) is -1.94. The summed E-state index contributed by atoms with van der Waals surface area (Å²) in [6, 6.07) is 10.6. The molecular weight excluding hydrogens is 510 g/mol. The fourth-order valence-electron chi connectivity index (χ4n) is 4.64. The number of rotatable bonds is 8. The molecule has 1 amide bonds. The molecule has 12 heteroatoms. The Bertz CT molecular complexity index is 1390. The number of carbonyl (C=O) groups excluding carboxylic acids is 1. The summed E-state index contributed by atoms with van der Waals surface area (Å²) >= 11 is 0. The molecule has 1 saturated heterocycles.